The molecule has 1 atom stereocenters. The van der Waals surface area contributed by atoms with Crippen LogP contribution < -0.4 is 0 Å². The molecule has 0 bridgehead atoms. The van der Waals surface area contributed by atoms with E-state index in [1.54, 1.807) is 0 Å². The molecule has 2 aliphatic rings. The maximum absolute atomic E-state index is 12.6. The summed E-state index contributed by atoms with van der Waals surface area (Å²) >= 11 is 0. The van der Waals surface area contributed by atoms with Crippen molar-refractivity contribution in [3.05, 3.63) is 0 Å². The van der Waals surface area contributed by atoms with Gasteiger partial charge in [-0.25, -0.2) is 0 Å². The fourth-order valence-corrected chi connectivity index (χ4v) is 3.20. The number of carbonyl (C=O) groups is 2. The average Bonchev–Trinajstić information content (AvgIpc) is 2.97. The lowest BCUT2D eigenvalue weighted by atomic mass is 10.1. The van der Waals surface area contributed by atoms with E-state index >= 15 is 0 Å². The van der Waals surface area contributed by atoms with Gasteiger partial charge in [0.25, 0.3) is 0 Å². The summed E-state index contributed by atoms with van der Waals surface area (Å²) in [6, 6.07) is 0. The average molecular weight is 311 g/mol. The zero-order valence-electron chi connectivity index (χ0n) is 14.3. The van der Waals surface area contributed by atoms with Crippen LogP contribution in [0.2, 0.25) is 0 Å². The highest BCUT2D eigenvalue weighted by Crippen LogP contribution is 2.26. The van der Waals surface area contributed by atoms with Gasteiger partial charge in [-0.2, -0.15) is 0 Å². The summed E-state index contributed by atoms with van der Waals surface area (Å²) in [4.78, 5) is 30.3. The molecule has 2 fully saturated rings. The number of nitrogens with zero attached hydrogens (tertiary/aromatic N) is 3. The van der Waals surface area contributed by atoms with Crippen molar-refractivity contribution in [1.82, 2.24) is 14.7 Å². The second-order valence-electron chi connectivity index (χ2n) is 7.28. The van der Waals surface area contributed by atoms with Crippen molar-refractivity contribution < 1.29 is 14.3 Å². The van der Waals surface area contributed by atoms with Gasteiger partial charge in [-0.05, 0) is 33.7 Å². The van der Waals surface area contributed by atoms with Crippen LogP contribution in [0.5, 0.6) is 0 Å². The van der Waals surface area contributed by atoms with Gasteiger partial charge in [0.1, 0.15) is 0 Å². The van der Waals surface area contributed by atoms with Gasteiger partial charge in [0.2, 0.25) is 5.91 Å². The first kappa shape index (κ1) is 17.2. The molecule has 126 valence electrons. The highest BCUT2D eigenvalue weighted by atomic mass is 16.5. The van der Waals surface area contributed by atoms with Gasteiger partial charge in [-0.15, -0.1) is 0 Å². The summed E-state index contributed by atoms with van der Waals surface area (Å²) in [5, 5.41) is 0. The molecule has 0 aliphatic carbocycles. The maximum atomic E-state index is 12.6. The van der Waals surface area contributed by atoms with Gasteiger partial charge in [-0.1, -0.05) is 0 Å². The molecule has 0 saturated carbocycles. The fraction of sp³-hybridized carbons (Fsp3) is 0.875. The van der Waals surface area contributed by atoms with Crippen molar-refractivity contribution in [2.24, 2.45) is 5.92 Å². The van der Waals surface area contributed by atoms with Gasteiger partial charge in [-0.3, -0.25) is 19.4 Å². The summed E-state index contributed by atoms with van der Waals surface area (Å²) < 4.78 is 4.69. The molecule has 0 radical (unpaired) electrons. The Balaban J connectivity index is 1.80. The first-order chi connectivity index (χ1) is 10.3. The molecule has 0 aromatic rings. The zero-order valence-corrected chi connectivity index (χ0v) is 14.3. The van der Waals surface area contributed by atoms with Crippen LogP contribution in [0.4, 0.5) is 0 Å². The van der Waals surface area contributed by atoms with E-state index in [-0.39, 0.29) is 23.3 Å². The van der Waals surface area contributed by atoms with E-state index in [2.05, 4.69) is 30.4 Å². The van der Waals surface area contributed by atoms with Crippen LogP contribution in [0.25, 0.3) is 0 Å². The summed E-state index contributed by atoms with van der Waals surface area (Å²) in [5.74, 6) is 0.201. The lowest BCUT2D eigenvalue weighted by molar-refractivity contribution is -0.143. The number of methoxy groups -OCH3 is 1. The van der Waals surface area contributed by atoms with Crippen molar-refractivity contribution in [3.8, 4) is 0 Å². The van der Waals surface area contributed by atoms with E-state index in [1.807, 2.05) is 9.80 Å². The predicted octanol–water partition coefficient (Wildman–Crippen LogP) is 0.424. The summed E-state index contributed by atoms with van der Waals surface area (Å²) in [7, 11) is 1.41. The molecule has 0 aromatic carbocycles. The minimum atomic E-state index is -0.212. The summed E-state index contributed by atoms with van der Waals surface area (Å²) in [6.45, 7) is 11.7. The summed E-state index contributed by atoms with van der Waals surface area (Å²) in [6.07, 6.45) is 0.957. The number of rotatable bonds is 3. The molecule has 2 aliphatic heterocycles. The van der Waals surface area contributed by atoms with Gasteiger partial charge in [0, 0.05) is 38.3 Å². The number of likely N-dealkylation sites (tertiary alicyclic amines) is 1. The number of hydrogen-bond donors (Lipinski definition) is 0. The molecular weight excluding hydrogens is 282 g/mol. The third-order valence-corrected chi connectivity index (χ3v) is 4.75. The topological polar surface area (TPSA) is 53.1 Å². The molecule has 0 spiro atoms. The smallest absolute Gasteiger partial charge is 0.319 e. The molecule has 0 N–H and O–H groups in total. The molecule has 6 heteroatoms. The maximum Gasteiger partial charge on any atom is 0.319 e. The largest absolute Gasteiger partial charge is 0.468 e. The quantitative estimate of drug-likeness (QED) is 0.707. The van der Waals surface area contributed by atoms with Crippen LogP contribution in [0.1, 0.15) is 27.2 Å². The van der Waals surface area contributed by atoms with E-state index in [9.17, 15) is 9.59 Å². The van der Waals surface area contributed by atoms with Crippen LogP contribution >= 0.6 is 0 Å². The Morgan fingerprint density at radius 1 is 1.09 bits per heavy atom. The fourth-order valence-electron chi connectivity index (χ4n) is 3.20. The third kappa shape index (κ3) is 4.20. The lowest BCUT2D eigenvalue weighted by Crippen LogP contribution is -2.52. The van der Waals surface area contributed by atoms with Crippen molar-refractivity contribution >= 4 is 11.9 Å². The number of amides is 1. The van der Waals surface area contributed by atoms with E-state index in [0.29, 0.717) is 19.6 Å². The second-order valence-corrected chi connectivity index (χ2v) is 7.28. The van der Waals surface area contributed by atoms with Gasteiger partial charge >= 0.3 is 5.97 Å². The molecule has 2 saturated heterocycles. The Hall–Kier alpha value is -1.14. The Labute approximate surface area is 133 Å². The number of hydrogen-bond acceptors (Lipinski definition) is 5. The molecule has 0 aromatic heterocycles. The van der Waals surface area contributed by atoms with Gasteiger partial charge in [0.05, 0.1) is 19.6 Å². The number of carbonyl (C=O) groups excluding carboxylic acids is 2. The second kappa shape index (κ2) is 6.96. The van der Waals surface area contributed by atoms with Crippen LogP contribution in [0.3, 0.4) is 0 Å². The van der Waals surface area contributed by atoms with Gasteiger partial charge in [0.15, 0.2) is 0 Å². The molecule has 1 amide bonds. The normalized spacial score (nSPS) is 24.5. The molecule has 22 heavy (non-hydrogen) atoms. The van der Waals surface area contributed by atoms with Crippen molar-refractivity contribution in [2.45, 2.75) is 32.7 Å². The number of esters is 1. The summed E-state index contributed by atoms with van der Waals surface area (Å²) in [5.41, 5.74) is 0.133. The first-order valence-corrected chi connectivity index (χ1v) is 8.14. The molecular formula is C16H29N3O3. The van der Waals surface area contributed by atoms with Crippen molar-refractivity contribution in [3.63, 3.8) is 0 Å². The van der Waals surface area contributed by atoms with Crippen molar-refractivity contribution in [1.29, 1.82) is 0 Å². The van der Waals surface area contributed by atoms with E-state index in [1.165, 1.54) is 7.11 Å². The van der Waals surface area contributed by atoms with E-state index < -0.39 is 0 Å². The molecule has 2 heterocycles. The molecule has 6 nitrogen and oxygen atoms in total. The standard InChI is InChI=1S/C16H29N3O3/c1-16(2,3)19-6-5-13(11-19)15(21)18-9-7-17(8-10-18)12-14(20)22-4/h13H,5-12H2,1-4H3. The first-order valence-electron chi connectivity index (χ1n) is 8.14. The monoisotopic (exact) mass is 311 g/mol. The Morgan fingerprint density at radius 2 is 1.73 bits per heavy atom. The van der Waals surface area contributed by atoms with Crippen LogP contribution in [-0.4, -0.2) is 85.0 Å². The van der Waals surface area contributed by atoms with E-state index in [4.69, 9.17) is 0 Å². The SMILES string of the molecule is COC(=O)CN1CCN(C(=O)C2CCN(C(C)(C)C)C2)CC1. The van der Waals surface area contributed by atoms with E-state index in [0.717, 1.165) is 32.6 Å². The molecule has 2 rings (SSSR count). The Kier molecular flexibility index (Phi) is 5.45. The minimum Gasteiger partial charge on any atom is -0.468 e. The number of piperazine rings is 1. The predicted molar refractivity (Wildman–Crippen MR) is 84.5 cm³/mol. The highest BCUT2D eigenvalue weighted by molar-refractivity contribution is 5.79. The Bertz CT molecular complexity index is 411. The van der Waals surface area contributed by atoms with Gasteiger partial charge < -0.3 is 9.64 Å². The minimum absolute atomic E-state index is 0.131. The third-order valence-electron chi connectivity index (χ3n) is 4.75. The van der Waals surface area contributed by atoms with Crippen LogP contribution in [0, 0.1) is 5.92 Å². The number of ether oxygens (including phenoxy) is 1. The highest BCUT2D eigenvalue weighted by Gasteiger charge is 2.36. The Morgan fingerprint density at radius 3 is 2.23 bits per heavy atom. The van der Waals surface area contributed by atoms with Crippen molar-refractivity contribution in [2.75, 3.05) is 52.9 Å². The van der Waals surface area contributed by atoms with Crippen LogP contribution in [0.15, 0.2) is 0 Å². The zero-order chi connectivity index (χ0) is 16.3. The lowest BCUT2D eigenvalue weighted by Gasteiger charge is -2.36. The molecule has 1 unspecified atom stereocenters. The van der Waals surface area contributed by atoms with Crippen LogP contribution in [-0.2, 0) is 14.3 Å².